The fourth-order valence-electron chi connectivity index (χ4n) is 0.0572. The van der Waals surface area contributed by atoms with E-state index in [0.29, 0.717) is 0 Å². The molecule has 0 rings (SSSR count). The molecule has 48 valence electrons. The van der Waals surface area contributed by atoms with Crippen LogP contribution in [0.2, 0.25) is 0 Å². The van der Waals surface area contributed by atoms with E-state index >= 15 is 0 Å². The largest absolute Gasteiger partial charge is 0.479 e. The second kappa shape index (κ2) is 2.33. The standard InChI is InChI=1S/C4H7ClO3/c1-4(8,2-5)3(6)7/h8H,2H2,1H3,(H,6,7). The SMILES string of the molecule is CC(O)(CCl)C(=O)O. The van der Waals surface area contributed by atoms with Crippen LogP contribution in [0.4, 0.5) is 0 Å². The van der Waals surface area contributed by atoms with E-state index in [-0.39, 0.29) is 5.88 Å². The highest BCUT2D eigenvalue weighted by atomic mass is 35.5. The molecule has 0 aromatic carbocycles. The van der Waals surface area contributed by atoms with Gasteiger partial charge in [-0.15, -0.1) is 11.6 Å². The summed E-state index contributed by atoms with van der Waals surface area (Å²) in [6.45, 7) is 1.14. The Bertz CT molecular complexity index is 99.5. The van der Waals surface area contributed by atoms with Gasteiger partial charge in [0.25, 0.3) is 0 Å². The summed E-state index contributed by atoms with van der Waals surface area (Å²) in [5.74, 6) is -1.59. The molecule has 0 aliphatic rings. The zero-order valence-electron chi connectivity index (χ0n) is 4.39. The van der Waals surface area contributed by atoms with Crippen LogP contribution >= 0.6 is 11.6 Å². The topological polar surface area (TPSA) is 57.5 Å². The van der Waals surface area contributed by atoms with Gasteiger partial charge in [-0.1, -0.05) is 0 Å². The first-order chi connectivity index (χ1) is 3.50. The molecule has 2 N–H and O–H groups in total. The quantitative estimate of drug-likeness (QED) is 0.531. The van der Waals surface area contributed by atoms with Gasteiger partial charge in [-0.3, -0.25) is 0 Å². The van der Waals surface area contributed by atoms with Crippen LogP contribution in [0.3, 0.4) is 0 Å². The maximum atomic E-state index is 9.92. The van der Waals surface area contributed by atoms with Crippen molar-refractivity contribution in [3.8, 4) is 0 Å². The third-order valence-electron chi connectivity index (χ3n) is 0.721. The third kappa shape index (κ3) is 1.68. The molecule has 0 radical (unpaired) electrons. The minimum absolute atomic E-state index is 0.289. The van der Waals surface area contributed by atoms with Crippen LogP contribution in [0, 0.1) is 0 Å². The van der Waals surface area contributed by atoms with Gasteiger partial charge < -0.3 is 10.2 Å². The van der Waals surface area contributed by atoms with Gasteiger partial charge in [-0.25, -0.2) is 4.79 Å². The lowest BCUT2D eigenvalue weighted by Crippen LogP contribution is -2.36. The fraction of sp³-hybridized carbons (Fsp3) is 0.750. The van der Waals surface area contributed by atoms with E-state index in [9.17, 15) is 4.79 Å². The molecule has 0 bridgehead atoms. The third-order valence-corrected chi connectivity index (χ3v) is 1.24. The van der Waals surface area contributed by atoms with Crippen molar-refractivity contribution in [3.05, 3.63) is 0 Å². The molecule has 0 fully saturated rings. The van der Waals surface area contributed by atoms with E-state index in [1.165, 1.54) is 0 Å². The summed E-state index contributed by atoms with van der Waals surface area (Å²) >= 11 is 5.06. The van der Waals surface area contributed by atoms with E-state index in [1.807, 2.05) is 0 Å². The van der Waals surface area contributed by atoms with Crippen LogP contribution in [-0.2, 0) is 4.79 Å². The zero-order valence-corrected chi connectivity index (χ0v) is 5.14. The van der Waals surface area contributed by atoms with Crippen LogP contribution in [0.1, 0.15) is 6.92 Å². The number of aliphatic hydroxyl groups is 1. The molecule has 1 unspecified atom stereocenters. The van der Waals surface area contributed by atoms with Gasteiger partial charge in [-0.05, 0) is 6.92 Å². The molecule has 0 heterocycles. The van der Waals surface area contributed by atoms with Crippen molar-refractivity contribution in [1.82, 2.24) is 0 Å². The molecule has 0 aliphatic heterocycles. The van der Waals surface area contributed by atoms with Gasteiger partial charge in [-0.2, -0.15) is 0 Å². The highest BCUT2D eigenvalue weighted by Crippen LogP contribution is 2.04. The van der Waals surface area contributed by atoms with E-state index in [1.54, 1.807) is 0 Å². The van der Waals surface area contributed by atoms with Gasteiger partial charge in [0.05, 0.1) is 5.88 Å². The molecule has 0 spiro atoms. The number of alkyl halides is 1. The molecule has 0 amide bonds. The number of carboxylic acid groups (broad SMARTS) is 1. The van der Waals surface area contributed by atoms with Crippen LogP contribution in [-0.4, -0.2) is 27.7 Å². The Labute approximate surface area is 51.9 Å². The molecule has 3 nitrogen and oxygen atoms in total. The maximum absolute atomic E-state index is 9.92. The van der Waals surface area contributed by atoms with Crippen molar-refractivity contribution < 1.29 is 15.0 Å². The Morgan fingerprint density at radius 1 is 1.88 bits per heavy atom. The van der Waals surface area contributed by atoms with E-state index < -0.39 is 11.6 Å². The summed E-state index contributed by atoms with van der Waals surface area (Å²) < 4.78 is 0. The summed E-state index contributed by atoms with van der Waals surface area (Å²) in [6.07, 6.45) is 0. The van der Waals surface area contributed by atoms with Gasteiger partial charge in [0.1, 0.15) is 0 Å². The Kier molecular flexibility index (Phi) is 2.25. The van der Waals surface area contributed by atoms with Gasteiger partial charge in [0, 0.05) is 0 Å². The Morgan fingerprint density at radius 3 is 2.25 bits per heavy atom. The molecule has 4 heteroatoms. The Morgan fingerprint density at radius 2 is 2.25 bits per heavy atom. The second-order valence-corrected chi connectivity index (χ2v) is 1.98. The van der Waals surface area contributed by atoms with Crippen molar-refractivity contribution in [3.63, 3.8) is 0 Å². The number of hydrogen-bond acceptors (Lipinski definition) is 2. The molecular formula is C4H7ClO3. The minimum Gasteiger partial charge on any atom is -0.479 e. The van der Waals surface area contributed by atoms with E-state index in [2.05, 4.69) is 0 Å². The lowest BCUT2D eigenvalue weighted by molar-refractivity contribution is -0.154. The molecule has 0 aliphatic carbocycles. The molecule has 0 aromatic heterocycles. The summed E-state index contributed by atoms with van der Waals surface area (Å²) in [5.41, 5.74) is -1.78. The van der Waals surface area contributed by atoms with Crippen LogP contribution in [0.15, 0.2) is 0 Å². The van der Waals surface area contributed by atoms with Gasteiger partial charge in [0.2, 0.25) is 0 Å². The minimum atomic E-state index is -1.78. The van der Waals surface area contributed by atoms with E-state index in [0.717, 1.165) is 6.92 Å². The average molecular weight is 139 g/mol. The van der Waals surface area contributed by atoms with Crippen molar-refractivity contribution in [1.29, 1.82) is 0 Å². The van der Waals surface area contributed by atoms with Gasteiger partial charge in [0.15, 0.2) is 5.60 Å². The zero-order chi connectivity index (χ0) is 6.78. The van der Waals surface area contributed by atoms with E-state index in [4.69, 9.17) is 21.8 Å². The molecule has 8 heavy (non-hydrogen) atoms. The van der Waals surface area contributed by atoms with Crippen LogP contribution < -0.4 is 0 Å². The van der Waals surface area contributed by atoms with Crippen molar-refractivity contribution in [2.75, 3.05) is 5.88 Å². The summed E-state index contributed by atoms with van der Waals surface area (Å²) in [4.78, 5) is 9.92. The Balaban J connectivity index is 3.91. The van der Waals surface area contributed by atoms with Crippen molar-refractivity contribution in [2.24, 2.45) is 0 Å². The van der Waals surface area contributed by atoms with Crippen LogP contribution in [0.25, 0.3) is 0 Å². The average Bonchev–Trinajstić information content (AvgIpc) is 1.67. The molecule has 0 saturated heterocycles. The van der Waals surface area contributed by atoms with Gasteiger partial charge >= 0.3 is 5.97 Å². The summed E-state index contributed by atoms with van der Waals surface area (Å²) in [5, 5.41) is 16.8. The monoisotopic (exact) mass is 138 g/mol. The lowest BCUT2D eigenvalue weighted by atomic mass is 10.1. The number of carbonyl (C=O) groups is 1. The molecule has 1 atom stereocenters. The highest BCUT2D eigenvalue weighted by Gasteiger charge is 2.27. The Hall–Kier alpha value is -0.280. The van der Waals surface area contributed by atoms with Crippen LogP contribution in [0.5, 0.6) is 0 Å². The predicted octanol–water partition coefficient (Wildman–Crippen LogP) is 0.0608. The first kappa shape index (κ1) is 7.72. The second-order valence-electron chi connectivity index (χ2n) is 1.71. The molecule has 0 aromatic rings. The number of aliphatic carboxylic acids is 1. The smallest absolute Gasteiger partial charge is 0.336 e. The summed E-state index contributed by atoms with van der Waals surface area (Å²) in [6, 6.07) is 0. The fourth-order valence-corrected chi connectivity index (χ4v) is 0.171. The number of carboxylic acids is 1. The van der Waals surface area contributed by atoms with Crippen molar-refractivity contribution in [2.45, 2.75) is 12.5 Å². The molecular weight excluding hydrogens is 131 g/mol. The first-order valence-corrected chi connectivity index (χ1v) is 2.56. The normalized spacial score (nSPS) is 17.4. The highest BCUT2D eigenvalue weighted by molar-refractivity contribution is 6.20. The molecule has 0 saturated carbocycles. The lowest BCUT2D eigenvalue weighted by Gasteiger charge is -2.11. The first-order valence-electron chi connectivity index (χ1n) is 2.02. The number of hydrogen-bond donors (Lipinski definition) is 2. The predicted molar refractivity (Wildman–Crippen MR) is 29.0 cm³/mol. The summed E-state index contributed by atoms with van der Waals surface area (Å²) in [7, 11) is 0. The number of rotatable bonds is 2. The van der Waals surface area contributed by atoms with Crippen molar-refractivity contribution >= 4 is 17.6 Å². The maximum Gasteiger partial charge on any atom is 0.336 e. The number of halogens is 1.